The van der Waals surface area contributed by atoms with Crippen molar-refractivity contribution in [2.75, 3.05) is 18.0 Å². The van der Waals surface area contributed by atoms with Crippen molar-refractivity contribution < 1.29 is 19.2 Å². The normalized spacial score (nSPS) is 16.2. The molecule has 11 heteroatoms. The maximum atomic E-state index is 9.38. The van der Waals surface area contributed by atoms with Crippen LogP contribution in [0.4, 0.5) is 6.01 Å². The summed E-state index contributed by atoms with van der Waals surface area (Å²) in [7, 11) is 0. The summed E-state index contributed by atoms with van der Waals surface area (Å²) in [5.74, 6) is 1.44. The standard InChI is InChI=1S/C21H26N7O3S/c1-13(2)18-23-19(31-25-18)26-8-4-15(5-9-26)14(3)30-21-24-28-12-17(22-20(28)32-21)16-6-10-27(29)11-7-16/h6-7,10-15,29H,4-5,8-9H2,1-3H3/q+1/t14-/m0/s1. The van der Waals surface area contributed by atoms with Crippen LogP contribution in [0.25, 0.3) is 16.2 Å². The monoisotopic (exact) mass is 456 g/mol. The number of rotatable bonds is 6. The van der Waals surface area contributed by atoms with Gasteiger partial charge in [0, 0.05) is 41.4 Å². The molecule has 4 aromatic heterocycles. The van der Waals surface area contributed by atoms with Gasteiger partial charge in [-0.05, 0) is 37.0 Å². The van der Waals surface area contributed by atoms with Crippen LogP contribution < -0.4 is 14.4 Å². The van der Waals surface area contributed by atoms with Crippen molar-refractivity contribution in [2.24, 2.45) is 5.92 Å². The molecular weight excluding hydrogens is 430 g/mol. The Hall–Kier alpha value is -3.21. The second-order valence-corrected chi connectivity index (χ2v) is 9.34. The molecule has 4 aromatic rings. The average molecular weight is 457 g/mol. The Morgan fingerprint density at radius 2 is 1.94 bits per heavy atom. The van der Waals surface area contributed by atoms with Gasteiger partial charge in [-0.15, -0.1) is 5.10 Å². The predicted octanol–water partition coefficient (Wildman–Crippen LogP) is 3.17. The van der Waals surface area contributed by atoms with Gasteiger partial charge < -0.3 is 14.2 Å². The van der Waals surface area contributed by atoms with E-state index in [0.29, 0.717) is 17.1 Å². The maximum absolute atomic E-state index is 9.38. The maximum Gasteiger partial charge on any atom is 0.324 e. The van der Waals surface area contributed by atoms with Crippen molar-refractivity contribution in [3.63, 3.8) is 0 Å². The largest absolute Gasteiger partial charge is 0.466 e. The Morgan fingerprint density at radius 3 is 2.59 bits per heavy atom. The smallest absolute Gasteiger partial charge is 0.324 e. The van der Waals surface area contributed by atoms with E-state index in [0.717, 1.165) is 52.7 Å². The van der Waals surface area contributed by atoms with E-state index in [1.165, 1.54) is 11.3 Å². The first-order valence-electron chi connectivity index (χ1n) is 10.8. The quantitative estimate of drug-likeness (QED) is 0.348. The summed E-state index contributed by atoms with van der Waals surface area (Å²) in [5.41, 5.74) is 1.72. The van der Waals surface area contributed by atoms with Crippen LogP contribution in [0.5, 0.6) is 5.19 Å². The Morgan fingerprint density at radius 1 is 1.19 bits per heavy atom. The average Bonchev–Trinajstić information content (AvgIpc) is 3.49. The lowest BCUT2D eigenvalue weighted by molar-refractivity contribution is -0.904. The number of hydrogen-bond acceptors (Lipinski definition) is 9. The molecule has 0 saturated carbocycles. The zero-order valence-electron chi connectivity index (χ0n) is 18.2. The minimum absolute atomic E-state index is 0.0514. The number of piperidine rings is 1. The number of imidazole rings is 1. The summed E-state index contributed by atoms with van der Waals surface area (Å²) in [5, 5.41) is 18.6. The third-order valence-corrected chi connectivity index (χ3v) is 6.66. The molecule has 1 aliphatic rings. The molecule has 32 heavy (non-hydrogen) atoms. The first-order valence-corrected chi connectivity index (χ1v) is 11.6. The molecule has 0 spiro atoms. The van der Waals surface area contributed by atoms with Gasteiger partial charge in [-0.25, -0.2) is 9.50 Å². The number of hydrogen-bond donors (Lipinski definition) is 1. The molecule has 0 unspecified atom stereocenters. The molecule has 0 radical (unpaired) electrons. The molecule has 0 amide bonds. The van der Waals surface area contributed by atoms with E-state index in [2.05, 4.69) is 45.9 Å². The minimum Gasteiger partial charge on any atom is -0.466 e. The Labute approximate surface area is 189 Å². The SMILES string of the molecule is CC(C)c1noc(N2CCC([C@H](C)Oc3nn4cc(-c5cc[n+](O)cc5)nc4s3)CC2)n1. The lowest BCUT2D eigenvalue weighted by Crippen LogP contribution is -2.38. The number of pyridine rings is 1. The molecule has 168 valence electrons. The van der Waals surface area contributed by atoms with Crippen LogP contribution in [0.15, 0.2) is 35.2 Å². The van der Waals surface area contributed by atoms with Crippen molar-refractivity contribution in [3.8, 4) is 16.5 Å². The third kappa shape index (κ3) is 4.12. The van der Waals surface area contributed by atoms with Crippen LogP contribution in [-0.2, 0) is 0 Å². The van der Waals surface area contributed by atoms with Crippen molar-refractivity contribution in [3.05, 3.63) is 36.5 Å². The van der Waals surface area contributed by atoms with Gasteiger partial charge in [0.1, 0.15) is 6.10 Å². The zero-order valence-corrected chi connectivity index (χ0v) is 19.1. The van der Waals surface area contributed by atoms with Crippen molar-refractivity contribution in [1.29, 1.82) is 0 Å². The first kappa shape index (κ1) is 20.7. The number of ether oxygens (including phenoxy) is 1. The fourth-order valence-corrected chi connectivity index (χ4v) is 4.68. The van der Waals surface area contributed by atoms with Gasteiger partial charge in [-0.3, -0.25) is 5.21 Å². The lowest BCUT2D eigenvalue weighted by atomic mass is 9.92. The van der Waals surface area contributed by atoms with Crippen LogP contribution in [-0.4, -0.2) is 49.1 Å². The molecule has 1 N–H and O–H groups in total. The molecule has 0 aliphatic carbocycles. The fourth-order valence-electron chi connectivity index (χ4n) is 3.86. The molecule has 0 aromatic carbocycles. The molecule has 5 rings (SSSR count). The summed E-state index contributed by atoms with van der Waals surface area (Å²) in [6, 6.07) is 4.22. The van der Waals surface area contributed by atoms with Gasteiger partial charge in [-0.1, -0.05) is 19.0 Å². The van der Waals surface area contributed by atoms with Crippen LogP contribution >= 0.6 is 11.3 Å². The summed E-state index contributed by atoms with van der Waals surface area (Å²) in [6.07, 6.45) is 7.04. The topological polar surface area (TPSA) is 106 Å². The van der Waals surface area contributed by atoms with Crippen molar-refractivity contribution in [2.45, 2.75) is 45.6 Å². The first-order chi connectivity index (χ1) is 15.5. The highest BCUT2D eigenvalue weighted by Crippen LogP contribution is 2.30. The van der Waals surface area contributed by atoms with Gasteiger partial charge in [0.2, 0.25) is 17.4 Å². The molecular formula is C21H26N7O3S+. The van der Waals surface area contributed by atoms with E-state index in [9.17, 15) is 5.21 Å². The molecule has 1 saturated heterocycles. The van der Waals surface area contributed by atoms with Crippen LogP contribution in [0.2, 0.25) is 0 Å². The van der Waals surface area contributed by atoms with Gasteiger partial charge in [0.25, 0.3) is 5.19 Å². The van der Waals surface area contributed by atoms with Crippen LogP contribution in [0.1, 0.15) is 45.4 Å². The second kappa shape index (κ2) is 8.38. The molecule has 1 atom stereocenters. The zero-order chi connectivity index (χ0) is 22.2. The highest BCUT2D eigenvalue weighted by Gasteiger charge is 2.28. The van der Waals surface area contributed by atoms with Gasteiger partial charge >= 0.3 is 6.01 Å². The van der Waals surface area contributed by atoms with Gasteiger partial charge in [0.15, 0.2) is 5.82 Å². The summed E-state index contributed by atoms with van der Waals surface area (Å²) >= 11 is 1.43. The van der Waals surface area contributed by atoms with Crippen molar-refractivity contribution in [1.82, 2.24) is 24.7 Å². The third-order valence-electron chi connectivity index (χ3n) is 5.84. The number of fused-ring (bicyclic) bond motifs is 1. The number of nitrogens with zero attached hydrogens (tertiary/aromatic N) is 7. The van der Waals surface area contributed by atoms with E-state index in [-0.39, 0.29) is 12.0 Å². The molecule has 10 nitrogen and oxygen atoms in total. The Bertz CT molecular complexity index is 1160. The highest BCUT2D eigenvalue weighted by molar-refractivity contribution is 7.18. The summed E-state index contributed by atoms with van der Waals surface area (Å²) < 4.78 is 14.4. The van der Waals surface area contributed by atoms with Gasteiger partial charge in [-0.2, -0.15) is 4.98 Å². The minimum atomic E-state index is 0.0514. The molecule has 5 heterocycles. The predicted molar refractivity (Wildman–Crippen MR) is 117 cm³/mol. The lowest BCUT2D eigenvalue weighted by Gasteiger charge is -2.33. The van der Waals surface area contributed by atoms with E-state index in [1.54, 1.807) is 29.0 Å². The van der Waals surface area contributed by atoms with Gasteiger partial charge in [0.05, 0.1) is 11.9 Å². The fraction of sp³-hybridized carbons (Fsp3) is 0.476. The second-order valence-electron chi connectivity index (χ2n) is 8.43. The Balaban J connectivity index is 1.19. The van der Waals surface area contributed by atoms with E-state index >= 15 is 0 Å². The van der Waals surface area contributed by atoms with E-state index in [4.69, 9.17) is 9.26 Å². The summed E-state index contributed by atoms with van der Waals surface area (Å²) in [4.78, 5) is 12.1. The molecule has 1 aliphatic heterocycles. The summed E-state index contributed by atoms with van der Waals surface area (Å²) in [6.45, 7) is 7.96. The Kier molecular flexibility index (Phi) is 5.41. The number of aromatic nitrogens is 6. The van der Waals surface area contributed by atoms with Crippen molar-refractivity contribution >= 4 is 22.3 Å². The van der Waals surface area contributed by atoms with Crippen LogP contribution in [0.3, 0.4) is 0 Å². The number of anilines is 1. The molecule has 1 fully saturated rings. The van der Waals surface area contributed by atoms with E-state index < -0.39 is 0 Å². The van der Waals surface area contributed by atoms with E-state index in [1.807, 2.05) is 6.20 Å². The highest BCUT2D eigenvalue weighted by atomic mass is 32.1. The van der Waals surface area contributed by atoms with Crippen LogP contribution in [0, 0.1) is 5.92 Å². The molecule has 0 bridgehead atoms.